The van der Waals surface area contributed by atoms with Crippen molar-refractivity contribution in [1.82, 2.24) is 10.2 Å². The molecule has 3 heteroatoms. The van der Waals surface area contributed by atoms with Crippen molar-refractivity contribution in [3.05, 3.63) is 29.8 Å². The van der Waals surface area contributed by atoms with E-state index in [0.29, 0.717) is 0 Å². The van der Waals surface area contributed by atoms with Crippen LogP contribution in [0.2, 0.25) is 0 Å². The first-order chi connectivity index (χ1) is 10.7. The van der Waals surface area contributed by atoms with Crippen molar-refractivity contribution in [2.45, 2.75) is 58.2 Å². The number of rotatable bonds is 7. The molecule has 1 aromatic carbocycles. The van der Waals surface area contributed by atoms with E-state index in [4.69, 9.17) is 4.74 Å². The zero-order valence-electron chi connectivity index (χ0n) is 14.1. The van der Waals surface area contributed by atoms with Crippen molar-refractivity contribution in [3.8, 4) is 5.75 Å². The normalized spacial score (nSPS) is 20.5. The molecular formula is C19H30N2O. The van der Waals surface area contributed by atoms with Crippen molar-refractivity contribution in [2.24, 2.45) is 5.92 Å². The maximum absolute atomic E-state index is 5.79. The molecule has 0 spiro atoms. The molecule has 2 fully saturated rings. The molecule has 1 aliphatic carbocycles. The fourth-order valence-electron chi connectivity index (χ4n) is 3.20. The molecule has 1 aromatic rings. The van der Waals surface area contributed by atoms with E-state index in [-0.39, 0.29) is 6.10 Å². The number of benzene rings is 1. The molecule has 22 heavy (non-hydrogen) atoms. The minimum absolute atomic E-state index is 0.239. The van der Waals surface area contributed by atoms with E-state index in [1.165, 1.54) is 50.9 Å². The Morgan fingerprint density at radius 1 is 1.18 bits per heavy atom. The highest BCUT2D eigenvalue weighted by molar-refractivity contribution is 5.28. The van der Waals surface area contributed by atoms with Gasteiger partial charge in [0.25, 0.3) is 0 Å². The van der Waals surface area contributed by atoms with Gasteiger partial charge in [0.05, 0.1) is 6.10 Å². The average molecular weight is 302 g/mol. The number of ether oxygens (including phenoxy) is 1. The molecular weight excluding hydrogens is 272 g/mol. The Balaban J connectivity index is 1.43. The van der Waals surface area contributed by atoms with Gasteiger partial charge in [-0.15, -0.1) is 0 Å². The Hall–Kier alpha value is -1.06. The fraction of sp³-hybridized carbons (Fsp3) is 0.684. The first kappa shape index (κ1) is 15.8. The Kier molecular flexibility index (Phi) is 5.37. The van der Waals surface area contributed by atoms with Crippen LogP contribution >= 0.6 is 0 Å². The van der Waals surface area contributed by atoms with Gasteiger partial charge >= 0.3 is 0 Å². The lowest BCUT2D eigenvalue weighted by Crippen LogP contribution is -2.42. The number of hydrogen-bond donors (Lipinski definition) is 1. The number of piperidine rings is 1. The van der Waals surface area contributed by atoms with Gasteiger partial charge in [-0.1, -0.05) is 12.1 Å². The van der Waals surface area contributed by atoms with Gasteiger partial charge in [0.1, 0.15) is 5.75 Å². The number of likely N-dealkylation sites (tertiary alicyclic amines) is 1. The summed E-state index contributed by atoms with van der Waals surface area (Å²) in [5, 5.41) is 3.75. The highest BCUT2D eigenvalue weighted by Crippen LogP contribution is 2.28. The highest BCUT2D eigenvalue weighted by Gasteiger charge is 2.24. The minimum atomic E-state index is 0.239. The maximum Gasteiger partial charge on any atom is 0.120 e. The first-order valence-electron chi connectivity index (χ1n) is 8.90. The molecule has 1 heterocycles. The second-order valence-corrected chi connectivity index (χ2v) is 7.22. The Bertz CT molecular complexity index is 462. The van der Waals surface area contributed by atoms with E-state index < -0.39 is 0 Å². The number of hydrogen-bond acceptors (Lipinski definition) is 3. The minimum Gasteiger partial charge on any atom is -0.491 e. The van der Waals surface area contributed by atoms with Crippen LogP contribution in [0.4, 0.5) is 0 Å². The summed E-state index contributed by atoms with van der Waals surface area (Å²) in [6, 6.07) is 9.31. The first-order valence-corrected chi connectivity index (χ1v) is 8.90. The molecule has 3 rings (SSSR count). The molecule has 3 nitrogen and oxygen atoms in total. The van der Waals surface area contributed by atoms with E-state index in [0.717, 1.165) is 24.3 Å². The third kappa shape index (κ3) is 4.99. The van der Waals surface area contributed by atoms with E-state index in [9.17, 15) is 0 Å². The summed E-state index contributed by atoms with van der Waals surface area (Å²) >= 11 is 0. The summed E-state index contributed by atoms with van der Waals surface area (Å²) in [5.74, 6) is 1.98. The number of nitrogens with one attached hydrogen (secondary N) is 1. The van der Waals surface area contributed by atoms with Gasteiger partial charge in [-0.25, -0.2) is 0 Å². The van der Waals surface area contributed by atoms with Gasteiger partial charge in [0.2, 0.25) is 0 Å². The molecule has 122 valence electrons. The standard InChI is InChI=1S/C19H30N2O/c1-15(2)22-19-5-3-4-17(12-19)14-21-10-8-18(9-11-21)20-13-16-6-7-16/h3-5,12,15-16,18,20H,6-11,13-14H2,1-2H3. The molecule has 1 saturated heterocycles. The Morgan fingerprint density at radius 3 is 2.64 bits per heavy atom. The molecule has 0 unspecified atom stereocenters. The molecule has 0 aromatic heterocycles. The zero-order chi connectivity index (χ0) is 15.4. The third-order valence-electron chi connectivity index (χ3n) is 4.66. The SMILES string of the molecule is CC(C)Oc1cccc(CN2CCC(NCC3CC3)CC2)c1. The summed E-state index contributed by atoms with van der Waals surface area (Å²) in [6.45, 7) is 8.86. The van der Waals surface area contributed by atoms with Crippen molar-refractivity contribution in [3.63, 3.8) is 0 Å². The molecule has 1 N–H and O–H groups in total. The van der Waals surface area contributed by atoms with Crippen molar-refractivity contribution in [2.75, 3.05) is 19.6 Å². The van der Waals surface area contributed by atoms with Crippen LogP contribution < -0.4 is 10.1 Å². The Labute approximate surface area is 135 Å². The molecule has 1 saturated carbocycles. The summed E-state index contributed by atoms with van der Waals surface area (Å²) in [6.07, 6.45) is 5.70. The third-order valence-corrected chi connectivity index (χ3v) is 4.66. The van der Waals surface area contributed by atoms with E-state index in [1.807, 2.05) is 0 Å². The predicted octanol–water partition coefficient (Wildman–Crippen LogP) is 3.44. The van der Waals surface area contributed by atoms with Crippen LogP contribution in [0, 0.1) is 5.92 Å². The second-order valence-electron chi connectivity index (χ2n) is 7.22. The van der Waals surface area contributed by atoms with E-state index >= 15 is 0 Å². The topological polar surface area (TPSA) is 24.5 Å². The van der Waals surface area contributed by atoms with Gasteiger partial charge in [-0.2, -0.15) is 0 Å². The van der Waals surface area contributed by atoms with Crippen LogP contribution in [-0.4, -0.2) is 36.7 Å². The highest BCUT2D eigenvalue weighted by atomic mass is 16.5. The van der Waals surface area contributed by atoms with Crippen LogP contribution in [0.3, 0.4) is 0 Å². The summed E-state index contributed by atoms with van der Waals surface area (Å²) < 4.78 is 5.79. The van der Waals surface area contributed by atoms with Crippen LogP contribution in [0.15, 0.2) is 24.3 Å². The second kappa shape index (κ2) is 7.47. The van der Waals surface area contributed by atoms with Crippen LogP contribution in [0.5, 0.6) is 5.75 Å². The van der Waals surface area contributed by atoms with Gasteiger partial charge in [0.15, 0.2) is 0 Å². The van der Waals surface area contributed by atoms with Crippen LogP contribution in [-0.2, 0) is 6.54 Å². The molecule has 0 bridgehead atoms. The smallest absolute Gasteiger partial charge is 0.120 e. The fourth-order valence-corrected chi connectivity index (χ4v) is 3.20. The molecule has 0 amide bonds. The van der Waals surface area contributed by atoms with Crippen LogP contribution in [0.25, 0.3) is 0 Å². The maximum atomic E-state index is 5.79. The zero-order valence-corrected chi connectivity index (χ0v) is 14.1. The van der Waals surface area contributed by atoms with Crippen molar-refractivity contribution in [1.29, 1.82) is 0 Å². The molecule has 0 atom stereocenters. The summed E-state index contributed by atoms with van der Waals surface area (Å²) in [4.78, 5) is 2.57. The quantitative estimate of drug-likeness (QED) is 0.835. The van der Waals surface area contributed by atoms with E-state index in [1.54, 1.807) is 0 Å². The molecule has 1 aliphatic heterocycles. The number of nitrogens with zero attached hydrogens (tertiary/aromatic N) is 1. The monoisotopic (exact) mass is 302 g/mol. The Morgan fingerprint density at radius 2 is 1.95 bits per heavy atom. The lowest BCUT2D eigenvalue weighted by Gasteiger charge is -2.32. The van der Waals surface area contributed by atoms with Gasteiger partial charge < -0.3 is 10.1 Å². The van der Waals surface area contributed by atoms with Gasteiger partial charge in [-0.05, 0) is 82.8 Å². The summed E-state index contributed by atoms with van der Waals surface area (Å²) in [5.41, 5.74) is 1.36. The van der Waals surface area contributed by atoms with Crippen molar-refractivity contribution >= 4 is 0 Å². The largest absolute Gasteiger partial charge is 0.491 e. The van der Waals surface area contributed by atoms with E-state index in [2.05, 4.69) is 48.3 Å². The van der Waals surface area contributed by atoms with Gasteiger partial charge in [-0.3, -0.25) is 4.90 Å². The summed E-state index contributed by atoms with van der Waals surface area (Å²) in [7, 11) is 0. The molecule has 0 radical (unpaired) electrons. The average Bonchev–Trinajstić information content (AvgIpc) is 3.30. The molecule has 2 aliphatic rings. The predicted molar refractivity (Wildman–Crippen MR) is 91.2 cm³/mol. The lowest BCUT2D eigenvalue weighted by molar-refractivity contribution is 0.189. The van der Waals surface area contributed by atoms with Gasteiger partial charge in [0, 0.05) is 12.6 Å². The lowest BCUT2D eigenvalue weighted by atomic mass is 10.0. The van der Waals surface area contributed by atoms with Crippen LogP contribution in [0.1, 0.15) is 45.1 Å². The van der Waals surface area contributed by atoms with Crippen molar-refractivity contribution < 1.29 is 4.74 Å².